The molecule has 0 atom stereocenters. The highest BCUT2D eigenvalue weighted by atomic mass is 127. The van der Waals surface area contributed by atoms with Crippen molar-refractivity contribution in [2.75, 3.05) is 18.5 Å². The van der Waals surface area contributed by atoms with Crippen molar-refractivity contribution in [3.8, 4) is 17.2 Å². The topological polar surface area (TPSA) is 86.7 Å². The highest BCUT2D eigenvalue weighted by Crippen LogP contribution is 2.32. The van der Waals surface area contributed by atoms with Crippen LogP contribution >= 0.6 is 24.0 Å². The standard InChI is InChI=1S/C20H20FN5O2.HI/c21-16-10-14(2-4-17(16)26-7-6-23-13-26)12-24-20(22)25-15-3-5-18-19(11-15)28-9-1-8-27-18;/h2-7,10-11,13H,1,8-9,12H2,(H3,22,24,25);1H. The van der Waals surface area contributed by atoms with Crippen molar-refractivity contribution in [3.63, 3.8) is 0 Å². The zero-order valence-corrected chi connectivity index (χ0v) is 17.9. The molecule has 0 saturated heterocycles. The van der Waals surface area contributed by atoms with Gasteiger partial charge in [0.2, 0.25) is 0 Å². The number of aromatic nitrogens is 2. The molecule has 0 aliphatic carbocycles. The summed E-state index contributed by atoms with van der Waals surface area (Å²) in [5.41, 5.74) is 7.86. The maximum Gasteiger partial charge on any atom is 0.193 e. The third-order valence-corrected chi connectivity index (χ3v) is 4.25. The second-order valence-corrected chi connectivity index (χ2v) is 6.29. The number of nitrogens with two attached hydrogens (primary N) is 1. The van der Waals surface area contributed by atoms with E-state index in [0.29, 0.717) is 36.0 Å². The lowest BCUT2D eigenvalue weighted by Gasteiger charge is -2.11. The zero-order chi connectivity index (χ0) is 19.3. The number of anilines is 1. The number of guanidine groups is 1. The molecule has 0 radical (unpaired) electrons. The Morgan fingerprint density at radius 2 is 2.00 bits per heavy atom. The molecule has 9 heteroatoms. The molecule has 2 aromatic carbocycles. The predicted octanol–water partition coefficient (Wildman–Crippen LogP) is 3.72. The summed E-state index contributed by atoms with van der Waals surface area (Å²) >= 11 is 0. The third kappa shape index (κ3) is 5.17. The van der Waals surface area contributed by atoms with E-state index in [1.165, 1.54) is 6.07 Å². The number of ether oxygens (including phenoxy) is 2. The molecule has 0 bridgehead atoms. The Morgan fingerprint density at radius 3 is 2.76 bits per heavy atom. The number of nitrogens with zero attached hydrogens (tertiary/aromatic N) is 3. The maximum absolute atomic E-state index is 14.3. The van der Waals surface area contributed by atoms with Gasteiger partial charge in [-0.2, -0.15) is 0 Å². The van der Waals surface area contributed by atoms with Gasteiger partial charge in [0, 0.05) is 30.6 Å². The average molecular weight is 509 g/mol. The van der Waals surface area contributed by atoms with Crippen LogP contribution in [0, 0.1) is 5.82 Å². The van der Waals surface area contributed by atoms with Gasteiger partial charge in [0.25, 0.3) is 0 Å². The monoisotopic (exact) mass is 509 g/mol. The van der Waals surface area contributed by atoms with E-state index in [1.54, 1.807) is 29.4 Å². The van der Waals surface area contributed by atoms with Crippen LogP contribution < -0.4 is 20.5 Å². The van der Waals surface area contributed by atoms with Crippen LogP contribution in [0.2, 0.25) is 0 Å². The van der Waals surface area contributed by atoms with Crippen LogP contribution in [-0.2, 0) is 6.54 Å². The third-order valence-electron chi connectivity index (χ3n) is 4.25. The minimum Gasteiger partial charge on any atom is -0.490 e. The summed E-state index contributed by atoms with van der Waals surface area (Å²) in [6.07, 6.45) is 5.68. The van der Waals surface area contributed by atoms with Gasteiger partial charge in [-0.1, -0.05) is 6.07 Å². The molecule has 0 spiro atoms. The fourth-order valence-corrected chi connectivity index (χ4v) is 2.86. The zero-order valence-electron chi connectivity index (χ0n) is 15.5. The minimum atomic E-state index is -0.347. The van der Waals surface area contributed by atoms with Gasteiger partial charge in [-0.25, -0.2) is 14.4 Å². The van der Waals surface area contributed by atoms with Crippen molar-refractivity contribution in [2.24, 2.45) is 10.7 Å². The number of hydrogen-bond acceptors (Lipinski definition) is 4. The quantitative estimate of drug-likeness (QED) is 0.318. The van der Waals surface area contributed by atoms with Crippen LogP contribution in [0.3, 0.4) is 0 Å². The maximum atomic E-state index is 14.3. The summed E-state index contributed by atoms with van der Waals surface area (Å²) in [4.78, 5) is 8.21. The molecule has 1 aromatic heterocycles. The number of fused-ring (bicyclic) bond motifs is 1. The Kier molecular flexibility index (Phi) is 6.91. The fraction of sp³-hybridized carbons (Fsp3) is 0.200. The Bertz CT molecular complexity index is 995. The molecule has 4 rings (SSSR count). The molecule has 1 aliphatic heterocycles. The van der Waals surface area contributed by atoms with Gasteiger partial charge in [0.15, 0.2) is 17.5 Å². The van der Waals surface area contributed by atoms with E-state index < -0.39 is 0 Å². The average Bonchev–Trinajstić information content (AvgIpc) is 3.12. The van der Waals surface area contributed by atoms with Crippen molar-refractivity contribution in [3.05, 3.63) is 66.5 Å². The number of hydrogen-bond donors (Lipinski definition) is 2. The Balaban J connectivity index is 0.00000240. The number of benzene rings is 2. The lowest BCUT2D eigenvalue weighted by atomic mass is 10.2. The largest absolute Gasteiger partial charge is 0.490 e. The highest BCUT2D eigenvalue weighted by Gasteiger charge is 2.11. The molecule has 7 nitrogen and oxygen atoms in total. The molecule has 2 heterocycles. The second kappa shape index (κ2) is 9.59. The fourth-order valence-electron chi connectivity index (χ4n) is 2.86. The SMILES string of the molecule is I.NC(=NCc1ccc(-n2ccnc2)c(F)c1)Nc1ccc2c(c1)OCCCO2. The summed E-state index contributed by atoms with van der Waals surface area (Å²) in [5.74, 6) is 1.27. The van der Waals surface area contributed by atoms with E-state index in [9.17, 15) is 4.39 Å². The van der Waals surface area contributed by atoms with Gasteiger partial charge in [-0.3, -0.25) is 0 Å². The molecule has 0 fully saturated rings. The van der Waals surface area contributed by atoms with Crippen LogP contribution in [0.15, 0.2) is 60.1 Å². The van der Waals surface area contributed by atoms with E-state index in [0.717, 1.165) is 12.1 Å². The Labute approximate surface area is 184 Å². The molecule has 1 aliphatic rings. The van der Waals surface area contributed by atoms with Gasteiger partial charge in [0.05, 0.1) is 31.8 Å². The number of halogens is 2. The normalized spacial score (nSPS) is 13.3. The first-order valence-electron chi connectivity index (χ1n) is 8.92. The smallest absolute Gasteiger partial charge is 0.193 e. The van der Waals surface area contributed by atoms with Crippen LogP contribution in [-0.4, -0.2) is 28.7 Å². The van der Waals surface area contributed by atoms with Gasteiger partial charge >= 0.3 is 0 Å². The first kappa shape index (κ1) is 20.9. The van der Waals surface area contributed by atoms with Crippen molar-refractivity contribution >= 4 is 35.6 Å². The van der Waals surface area contributed by atoms with Gasteiger partial charge in [-0.15, -0.1) is 24.0 Å². The van der Waals surface area contributed by atoms with Gasteiger partial charge in [-0.05, 0) is 29.8 Å². The van der Waals surface area contributed by atoms with E-state index >= 15 is 0 Å². The van der Waals surface area contributed by atoms with Gasteiger partial charge < -0.3 is 25.1 Å². The summed E-state index contributed by atoms with van der Waals surface area (Å²) in [6.45, 7) is 1.50. The van der Waals surface area contributed by atoms with Crippen LogP contribution in [0.4, 0.5) is 10.1 Å². The lowest BCUT2D eigenvalue weighted by molar-refractivity contribution is 0.297. The number of nitrogens with one attached hydrogen (secondary N) is 1. The van der Waals surface area contributed by atoms with Crippen LogP contribution in [0.5, 0.6) is 11.5 Å². The molecule has 0 unspecified atom stereocenters. The predicted molar refractivity (Wildman–Crippen MR) is 120 cm³/mol. The molecule has 0 amide bonds. The first-order chi connectivity index (χ1) is 13.7. The summed E-state index contributed by atoms with van der Waals surface area (Å²) in [6, 6.07) is 10.4. The highest BCUT2D eigenvalue weighted by molar-refractivity contribution is 14.0. The van der Waals surface area contributed by atoms with Gasteiger partial charge in [0.1, 0.15) is 5.82 Å². The molecule has 152 valence electrons. The number of aliphatic imine (C=N–C) groups is 1. The second-order valence-electron chi connectivity index (χ2n) is 6.29. The first-order valence-corrected chi connectivity index (χ1v) is 8.92. The molecule has 29 heavy (non-hydrogen) atoms. The molecular formula is C20H21FIN5O2. The summed E-state index contributed by atoms with van der Waals surface area (Å²) < 4.78 is 27.2. The lowest BCUT2D eigenvalue weighted by Crippen LogP contribution is -2.22. The van der Waals surface area contributed by atoms with Crippen molar-refractivity contribution in [1.29, 1.82) is 0 Å². The number of rotatable bonds is 4. The van der Waals surface area contributed by atoms with Crippen molar-refractivity contribution in [2.45, 2.75) is 13.0 Å². The van der Waals surface area contributed by atoms with Crippen molar-refractivity contribution in [1.82, 2.24) is 9.55 Å². The minimum absolute atomic E-state index is 0. The van der Waals surface area contributed by atoms with E-state index in [1.807, 2.05) is 24.3 Å². The van der Waals surface area contributed by atoms with E-state index in [4.69, 9.17) is 15.2 Å². The Hall–Kier alpha value is -2.82. The Morgan fingerprint density at radius 1 is 1.17 bits per heavy atom. The summed E-state index contributed by atoms with van der Waals surface area (Å²) in [7, 11) is 0. The van der Waals surface area contributed by atoms with Crippen LogP contribution in [0.1, 0.15) is 12.0 Å². The molecule has 3 aromatic rings. The van der Waals surface area contributed by atoms with E-state index in [-0.39, 0.29) is 42.3 Å². The molecule has 0 saturated carbocycles. The molecular weight excluding hydrogens is 488 g/mol. The van der Waals surface area contributed by atoms with Crippen molar-refractivity contribution < 1.29 is 13.9 Å². The summed E-state index contributed by atoms with van der Waals surface area (Å²) in [5, 5.41) is 3.02. The molecule has 3 N–H and O–H groups in total. The number of imidazole rings is 1. The van der Waals surface area contributed by atoms with E-state index in [2.05, 4.69) is 15.3 Å². The van der Waals surface area contributed by atoms with Crippen LogP contribution in [0.25, 0.3) is 5.69 Å².